The average molecular weight is 209 g/mol. The molecule has 0 spiro atoms. The number of H-pyrrole nitrogens is 2. The molecule has 0 aliphatic heterocycles. The number of aryl methyl sites for hydroxylation is 1. The smallest absolute Gasteiger partial charge is 0.329 e. The maximum Gasteiger partial charge on any atom is 0.329 e. The van der Waals surface area contributed by atoms with Crippen LogP contribution in [0.4, 0.5) is 0 Å². The summed E-state index contributed by atoms with van der Waals surface area (Å²) in [7, 11) is 1.53. The Balaban J connectivity index is 2.92. The van der Waals surface area contributed by atoms with Gasteiger partial charge in [-0.2, -0.15) is 0 Å². The maximum atomic E-state index is 11.4. The highest BCUT2D eigenvalue weighted by molar-refractivity contribution is 5.69. The number of aromatic amines is 2. The van der Waals surface area contributed by atoms with Crippen molar-refractivity contribution in [2.45, 2.75) is 13.0 Å². The maximum absolute atomic E-state index is 11.4. The van der Waals surface area contributed by atoms with Crippen LogP contribution >= 0.6 is 0 Å². The van der Waals surface area contributed by atoms with E-state index in [9.17, 15) is 9.59 Å². The van der Waals surface area contributed by atoms with Crippen molar-refractivity contribution in [3.8, 4) is 0 Å². The number of aromatic nitrogens is 4. The van der Waals surface area contributed by atoms with E-state index in [0.717, 1.165) is 0 Å². The van der Waals surface area contributed by atoms with E-state index in [1.54, 1.807) is 6.92 Å². The second-order valence-electron chi connectivity index (χ2n) is 3.43. The SMILES string of the molecule is CC(N)c1nc2c([nH]1)c(=O)[nH]c(=O)n2C. The van der Waals surface area contributed by atoms with Crippen molar-refractivity contribution in [1.29, 1.82) is 0 Å². The molecule has 0 amide bonds. The van der Waals surface area contributed by atoms with Crippen LogP contribution in [-0.2, 0) is 7.05 Å². The third-order valence-electron chi connectivity index (χ3n) is 2.20. The molecule has 1 unspecified atom stereocenters. The van der Waals surface area contributed by atoms with Gasteiger partial charge in [-0.25, -0.2) is 9.78 Å². The molecule has 0 aliphatic rings. The average Bonchev–Trinajstić information content (AvgIpc) is 2.59. The first-order chi connectivity index (χ1) is 7.00. The van der Waals surface area contributed by atoms with Crippen LogP contribution in [0.15, 0.2) is 9.59 Å². The molecule has 0 aromatic carbocycles. The first kappa shape index (κ1) is 9.66. The van der Waals surface area contributed by atoms with Gasteiger partial charge in [-0.05, 0) is 6.92 Å². The zero-order valence-electron chi connectivity index (χ0n) is 8.37. The van der Waals surface area contributed by atoms with Gasteiger partial charge in [0, 0.05) is 7.05 Å². The van der Waals surface area contributed by atoms with E-state index in [0.29, 0.717) is 11.5 Å². The van der Waals surface area contributed by atoms with Crippen LogP contribution < -0.4 is 17.0 Å². The predicted molar refractivity (Wildman–Crippen MR) is 54.6 cm³/mol. The number of rotatable bonds is 1. The quantitative estimate of drug-likeness (QED) is 0.557. The zero-order valence-corrected chi connectivity index (χ0v) is 8.37. The van der Waals surface area contributed by atoms with Gasteiger partial charge in [0.25, 0.3) is 5.56 Å². The van der Waals surface area contributed by atoms with Crippen LogP contribution in [0.2, 0.25) is 0 Å². The highest BCUT2D eigenvalue weighted by Gasteiger charge is 2.12. The van der Waals surface area contributed by atoms with E-state index in [-0.39, 0.29) is 11.6 Å². The first-order valence-corrected chi connectivity index (χ1v) is 4.45. The van der Waals surface area contributed by atoms with Gasteiger partial charge < -0.3 is 10.7 Å². The van der Waals surface area contributed by atoms with Gasteiger partial charge in [-0.15, -0.1) is 0 Å². The van der Waals surface area contributed by atoms with Crippen molar-refractivity contribution < 1.29 is 0 Å². The van der Waals surface area contributed by atoms with E-state index in [1.807, 2.05) is 0 Å². The molecule has 0 saturated heterocycles. The minimum atomic E-state index is -0.491. The summed E-state index contributed by atoms with van der Waals surface area (Å²) in [4.78, 5) is 31.7. The molecule has 0 saturated carbocycles. The zero-order chi connectivity index (χ0) is 11.2. The van der Waals surface area contributed by atoms with Crippen molar-refractivity contribution in [2.75, 3.05) is 0 Å². The van der Waals surface area contributed by atoms with E-state index >= 15 is 0 Å². The molecule has 7 nitrogen and oxygen atoms in total. The fraction of sp³-hybridized carbons (Fsp3) is 0.375. The molecule has 0 bridgehead atoms. The second-order valence-corrected chi connectivity index (χ2v) is 3.43. The number of nitrogens with zero attached hydrogens (tertiary/aromatic N) is 2. The lowest BCUT2D eigenvalue weighted by Crippen LogP contribution is -2.28. The Kier molecular flexibility index (Phi) is 1.97. The van der Waals surface area contributed by atoms with Crippen LogP contribution in [0, 0.1) is 0 Å². The predicted octanol–water partition coefficient (Wildman–Crippen LogP) is -1.03. The molecule has 2 heterocycles. The minimum Gasteiger partial charge on any atom is -0.335 e. The molecule has 15 heavy (non-hydrogen) atoms. The lowest BCUT2D eigenvalue weighted by molar-refractivity contribution is 0.755. The van der Waals surface area contributed by atoms with E-state index < -0.39 is 11.2 Å². The molecule has 1 atom stereocenters. The molecular weight excluding hydrogens is 198 g/mol. The third-order valence-corrected chi connectivity index (χ3v) is 2.20. The summed E-state index contributed by atoms with van der Waals surface area (Å²) in [5.74, 6) is 0.483. The summed E-state index contributed by atoms with van der Waals surface area (Å²) >= 11 is 0. The summed E-state index contributed by atoms with van der Waals surface area (Å²) < 4.78 is 1.26. The van der Waals surface area contributed by atoms with E-state index in [4.69, 9.17) is 5.73 Å². The normalized spacial score (nSPS) is 13.3. The van der Waals surface area contributed by atoms with Gasteiger partial charge in [-0.1, -0.05) is 0 Å². The number of fused-ring (bicyclic) bond motifs is 1. The summed E-state index contributed by atoms with van der Waals surface area (Å²) in [6.07, 6.45) is 0. The van der Waals surface area contributed by atoms with Gasteiger partial charge in [-0.3, -0.25) is 14.3 Å². The van der Waals surface area contributed by atoms with Crippen molar-refractivity contribution in [3.63, 3.8) is 0 Å². The number of nitrogens with two attached hydrogens (primary N) is 1. The molecule has 80 valence electrons. The molecule has 4 N–H and O–H groups in total. The van der Waals surface area contributed by atoms with Gasteiger partial charge >= 0.3 is 5.69 Å². The number of nitrogens with one attached hydrogen (secondary N) is 2. The van der Waals surface area contributed by atoms with Crippen molar-refractivity contribution in [3.05, 3.63) is 26.7 Å². The fourth-order valence-corrected chi connectivity index (χ4v) is 1.34. The Bertz CT molecular complexity index is 618. The Labute approximate surface area is 83.9 Å². The molecule has 0 fully saturated rings. The highest BCUT2D eigenvalue weighted by Crippen LogP contribution is 2.08. The monoisotopic (exact) mass is 209 g/mol. The summed E-state index contributed by atoms with van der Waals surface area (Å²) in [6.45, 7) is 1.74. The Morgan fingerprint density at radius 1 is 1.40 bits per heavy atom. The second kappa shape index (κ2) is 3.06. The Hall–Kier alpha value is -1.89. The summed E-state index contributed by atoms with van der Waals surface area (Å²) in [6, 6.07) is -0.313. The Morgan fingerprint density at radius 3 is 2.67 bits per heavy atom. The highest BCUT2D eigenvalue weighted by atomic mass is 16.2. The number of imidazole rings is 1. The molecular formula is C8H11N5O2. The van der Waals surface area contributed by atoms with Crippen LogP contribution in [0.5, 0.6) is 0 Å². The Morgan fingerprint density at radius 2 is 2.07 bits per heavy atom. The van der Waals surface area contributed by atoms with Crippen molar-refractivity contribution >= 4 is 11.2 Å². The largest absolute Gasteiger partial charge is 0.335 e. The van der Waals surface area contributed by atoms with Gasteiger partial charge in [0.1, 0.15) is 11.3 Å². The minimum absolute atomic E-state index is 0.268. The number of hydrogen-bond donors (Lipinski definition) is 3. The first-order valence-electron chi connectivity index (χ1n) is 4.45. The van der Waals surface area contributed by atoms with Crippen LogP contribution in [0.1, 0.15) is 18.8 Å². The van der Waals surface area contributed by atoms with Gasteiger partial charge in [0.15, 0.2) is 5.65 Å². The molecule has 0 aliphatic carbocycles. The molecule has 0 radical (unpaired) electrons. The van der Waals surface area contributed by atoms with Crippen LogP contribution in [-0.4, -0.2) is 19.5 Å². The lowest BCUT2D eigenvalue weighted by atomic mass is 10.3. The summed E-state index contributed by atoms with van der Waals surface area (Å²) in [5, 5.41) is 0. The number of hydrogen-bond acceptors (Lipinski definition) is 4. The lowest BCUT2D eigenvalue weighted by Gasteiger charge is -1.96. The molecule has 2 rings (SSSR count). The molecule has 2 aromatic rings. The molecule has 2 aromatic heterocycles. The fourth-order valence-electron chi connectivity index (χ4n) is 1.34. The van der Waals surface area contributed by atoms with Crippen LogP contribution in [0.25, 0.3) is 11.2 Å². The van der Waals surface area contributed by atoms with Crippen molar-refractivity contribution in [2.24, 2.45) is 12.8 Å². The standard InChI is InChI=1S/C8H11N5O2/c1-3(9)5-10-4-6(11-5)13(2)8(15)12-7(4)14/h3H,9H2,1-2H3,(H,10,11)(H,12,14,15). The van der Waals surface area contributed by atoms with Gasteiger partial charge in [0.2, 0.25) is 0 Å². The summed E-state index contributed by atoms with van der Waals surface area (Å²) in [5.41, 5.74) is 5.24. The van der Waals surface area contributed by atoms with Gasteiger partial charge in [0.05, 0.1) is 6.04 Å². The van der Waals surface area contributed by atoms with Crippen molar-refractivity contribution in [1.82, 2.24) is 19.5 Å². The van der Waals surface area contributed by atoms with Crippen LogP contribution in [0.3, 0.4) is 0 Å². The molecule has 7 heteroatoms. The van der Waals surface area contributed by atoms with E-state index in [2.05, 4.69) is 15.0 Å². The third kappa shape index (κ3) is 1.37. The topological polar surface area (TPSA) is 110 Å². The van der Waals surface area contributed by atoms with E-state index in [1.165, 1.54) is 11.6 Å².